The molecule has 0 aromatic rings. The minimum absolute atomic E-state index is 0.185. The molecule has 3 N–H and O–H groups in total. The fraction of sp³-hybridized carbons (Fsp3) is 0.700. The smallest absolute Gasteiger partial charge is 0.242 e. The summed E-state index contributed by atoms with van der Waals surface area (Å²) in [5, 5.41) is 7.54. The van der Waals surface area contributed by atoms with Gasteiger partial charge < -0.3 is 16.0 Å². The number of rotatable bonds is 2. The number of likely N-dealkylation sites (N-methyl/N-ethyl adjacent to an activating group) is 1. The molecule has 0 aromatic heterocycles. The topological polar surface area (TPSA) is 87.3 Å². The monoisotopic (exact) mass is 229 g/mol. The molecule has 1 saturated heterocycles. The third-order valence-corrected chi connectivity index (χ3v) is 1.96. The van der Waals surface area contributed by atoms with Crippen molar-refractivity contribution >= 4 is 17.7 Å². The Morgan fingerprint density at radius 3 is 2.31 bits per heavy atom. The van der Waals surface area contributed by atoms with Crippen molar-refractivity contribution in [3.05, 3.63) is 0 Å². The van der Waals surface area contributed by atoms with Gasteiger partial charge in [-0.3, -0.25) is 14.4 Å². The molecule has 3 amide bonds. The van der Waals surface area contributed by atoms with Crippen molar-refractivity contribution in [3.8, 4) is 0 Å². The van der Waals surface area contributed by atoms with Crippen molar-refractivity contribution in [1.82, 2.24) is 16.0 Å². The van der Waals surface area contributed by atoms with Crippen LogP contribution in [0.1, 0.15) is 26.7 Å². The van der Waals surface area contributed by atoms with Crippen molar-refractivity contribution in [3.63, 3.8) is 0 Å². The maximum absolute atomic E-state index is 10.7. The van der Waals surface area contributed by atoms with Crippen LogP contribution in [-0.4, -0.2) is 37.4 Å². The van der Waals surface area contributed by atoms with Crippen LogP contribution in [0.2, 0.25) is 0 Å². The third-order valence-electron chi connectivity index (χ3n) is 1.96. The van der Waals surface area contributed by atoms with Gasteiger partial charge in [0.1, 0.15) is 6.04 Å². The summed E-state index contributed by atoms with van der Waals surface area (Å²) in [5.74, 6) is -0.179. The molecule has 92 valence electrons. The summed E-state index contributed by atoms with van der Waals surface area (Å²) in [5.41, 5.74) is 0. The van der Waals surface area contributed by atoms with Gasteiger partial charge >= 0.3 is 0 Å². The largest absolute Gasteiger partial charge is 0.357 e. The molecule has 1 heterocycles. The molecule has 6 heteroatoms. The van der Waals surface area contributed by atoms with Crippen LogP contribution in [0.4, 0.5) is 0 Å². The first-order valence-corrected chi connectivity index (χ1v) is 5.22. The van der Waals surface area contributed by atoms with Crippen LogP contribution in [0.25, 0.3) is 0 Å². The Hall–Kier alpha value is -1.59. The molecular formula is C10H19N3O3. The Morgan fingerprint density at radius 2 is 2.06 bits per heavy atom. The summed E-state index contributed by atoms with van der Waals surface area (Å²) in [6.45, 7) is 3.89. The first-order valence-electron chi connectivity index (χ1n) is 5.22. The third kappa shape index (κ3) is 6.80. The van der Waals surface area contributed by atoms with Gasteiger partial charge in [-0.05, 0) is 13.3 Å². The summed E-state index contributed by atoms with van der Waals surface area (Å²) in [6, 6.07) is -0.442. The van der Waals surface area contributed by atoms with Gasteiger partial charge in [-0.25, -0.2) is 0 Å². The van der Waals surface area contributed by atoms with E-state index in [-0.39, 0.29) is 17.7 Å². The highest BCUT2D eigenvalue weighted by molar-refractivity contribution is 5.86. The standard InChI is InChI=1S/C6H12N2O2.C4H7NO/c1-4(6(10)7-3)8-5(2)9;6-4-2-1-3-5-4/h4H,1-3H3,(H,7,10)(H,8,9);1-3H2,(H,5,6)/t4-;/m0./s1. The predicted molar refractivity (Wildman–Crippen MR) is 59.6 cm³/mol. The molecule has 16 heavy (non-hydrogen) atoms. The molecule has 0 saturated carbocycles. The summed E-state index contributed by atoms with van der Waals surface area (Å²) in [4.78, 5) is 31.2. The number of carbonyl (C=O) groups is 3. The zero-order valence-corrected chi connectivity index (χ0v) is 9.92. The van der Waals surface area contributed by atoms with Crippen LogP contribution >= 0.6 is 0 Å². The van der Waals surface area contributed by atoms with E-state index in [1.165, 1.54) is 14.0 Å². The highest BCUT2D eigenvalue weighted by Crippen LogP contribution is 1.93. The lowest BCUT2D eigenvalue weighted by Crippen LogP contribution is -2.42. The van der Waals surface area contributed by atoms with Crippen molar-refractivity contribution < 1.29 is 14.4 Å². The second-order valence-corrected chi connectivity index (χ2v) is 3.49. The Kier molecular flexibility index (Phi) is 6.91. The van der Waals surface area contributed by atoms with Gasteiger partial charge in [0.2, 0.25) is 17.7 Å². The van der Waals surface area contributed by atoms with Gasteiger partial charge in [-0.1, -0.05) is 0 Å². The van der Waals surface area contributed by atoms with E-state index in [1.807, 2.05) is 0 Å². The highest BCUT2D eigenvalue weighted by Gasteiger charge is 2.10. The lowest BCUT2D eigenvalue weighted by atomic mass is 10.3. The normalized spacial score (nSPS) is 15.3. The second-order valence-electron chi connectivity index (χ2n) is 3.49. The van der Waals surface area contributed by atoms with Crippen LogP contribution in [0.3, 0.4) is 0 Å². The van der Waals surface area contributed by atoms with Crippen LogP contribution in [0, 0.1) is 0 Å². The molecular weight excluding hydrogens is 210 g/mol. The van der Waals surface area contributed by atoms with E-state index in [1.54, 1.807) is 6.92 Å². The zero-order valence-electron chi connectivity index (χ0n) is 9.92. The molecule has 0 bridgehead atoms. The summed E-state index contributed by atoms with van der Waals surface area (Å²) >= 11 is 0. The fourth-order valence-electron chi connectivity index (χ4n) is 1.15. The van der Waals surface area contributed by atoms with E-state index in [0.29, 0.717) is 0 Å². The van der Waals surface area contributed by atoms with Gasteiger partial charge in [-0.15, -0.1) is 0 Å². The summed E-state index contributed by atoms with van der Waals surface area (Å²) < 4.78 is 0. The van der Waals surface area contributed by atoms with E-state index >= 15 is 0 Å². The lowest BCUT2D eigenvalue weighted by Gasteiger charge is -2.09. The van der Waals surface area contributed by atoms with Gasteiger partial charge in [0.25, 0.3) is 0 Å². The van der Waals surface area contributed by atoms with Crippen molar-refractivity contribution in [2.75, 3.05) is 13.6 Å². The quantitative estimate of drug-likeness (QED) is 0.576. The van der Waals surface area contributed by atoms with Crippen molar-refractivity contribution in [2.24, 2.45) is 0 Å². The van der Waals surface area contributed by atoms with E-state index in [4.69, 9.17) is 0 Å². The zero-order chi connectivity index (χ0) is 12.6. The van der Waals surface area contributed by atoms with Crippen LogP contribution in [-0.2, 0) is 14.4 Å². The number of nitrogens with one attached hydrogen (secondary N) is 3. The molecule has 1 fully saturated rings. The molecule has 1 rings (SSSR count). The van der Waals surface area contributed by atoms with E-state index in [9.17, 15) is 14.4 Å². The van der Waals surface area contributed by atoms with Gasteiger partial charge in [0.15, 0.2) is 0 Å². The Balaban J connectivity index is 0.000000315. The van der Waals surface area contributed by atoms with E-state index < -0.39 is 6.04 Å². The number of amides is 3. The van der Waals surface area contributed by atoms with Crippen LogP contribution in [0.15, 0.2) is 0 Å². The van der Waals surface area contributed by atoms with Crippen LogP contribution < -0.4 is 16.0 Å². The summed E-state index contributed by atoms with van der Waals surface area (Å²) in [7, 11) is 1.53. The second kappa shape index (κ2) is 7.67. The Morgan fingerprint density at radius 1 is 1.44 bits per heavy atom. The average molecular weight is 229 g/mol. The number of hydrogen-bond acceptors (Lipinski definition) is 3. The predicted octanol–water partition coefficient (Wildman–Crippen LogP) is -0.847. The number of hydrogen-bond donors (Lipinski definition) is 3. The van der Waals surface area contributed by atoms with E-state index in [2.05, 4.69) is 16.0 Å². The number of carbonyl (C=O) groups excluding carboxylic acids is 3. The molecule has 1 atom stereocenters. The van der Waals surface area contributed by atoms with Gasteiger partial charge in [0.05, 0.1) is 0 Å². The minimum atomic E-state index is -0.442. The molecule has 1 aliphatic rings. The molecule has 6 nitrogen and oxygen atoms in total. The fourth-order valence-corrected chi connectivity index (χ4v) is 1.15. The van der Waals surface area contributed by atoms with E-state index in [0.717, 1.165) is 19.4 Å². The lowest BCUT2D eigenvalue weighted by molar-refractivity contribution is -0.127. The first-order chi connectivity index (χ1) is 7.47. The van der Waals surface area contributed by atoms with Crippen molar-refractivity contribution in [2.45, 2.75) is 32.7 Å². The molecule has 0 unspecified atom stereocenters. The first kappa shape index (κ1) is 14.4. The highest BCUT2D eigenvalue weighted by atomic mass is 16.2. The van der Waals surface area contributed by atoms with Gasteiger partial charge in [-0.2, -0.15) is 0 Å². The minimum Gasteiger partial charge on any atom is -0.357 e. The molecule has 1 aliphatic heterocycles. The molecule has 0 radical (unpaired) electrons. The average Bonchev–Trinajstić information content (AvgIpc) is 2.67. The SMILES string of the molecule is CNC(=O)[C@H](C)NC(C)=O.O=C1CCCN1. The Bertz CT molecular complexity index is 258. The maximum Gasteiger partial charge on any atom is 0.242 e. The van der Waals surface area contributed by atoms with Crippen molar-refractivity contribution in [1.29, 1.82) is 0 Å². The van der Waals surface area contributed by atoms with Gasteiger partial charge in [0, 0.05) is 26.9 Å². The Labute approximate surface area is 95.2 Å². The molecule has 0 aliphatic carbocycles. The molecule has 0 spiro atoms. The van der Waals surface area contributed by atoms with Crippen LogP contribution in [0.5, 0.6) is 0 Å². The maximum atomic E-state index is 10.7. The summed E-state index contributed by atoms with van der Waals surface area (Å²) in [6.07, 6.45) is 1.76. The molecule has 0 aromatic carbocycles.